The molecule has 0 unspecified atom stereocenters. The molecule has 1 N–H and O–H groups in total. The second kappa shape index (κ2) is 9.84. The zero-order valence-electron chi connectivity index (χ0n) is 18.9. The number of aromatic nitrogens is 2. The van der Waals surface area contributed by atoms with Crippen LogP contribution in [0, 0.1) is 6.92 Å². The molecule has 0 spiro atoms. The molecule has 34 heavy (non-hydrogen) atoms. The number of aryl methyl sites for hydroxylation is 1. The fourth-order valence-corrected chi connectivity index (χ4v) is 4.24. The average Bonchev–Trinajstić information content (AvgIpc) is 3.31. The first-order chi connectivity index (χ1) is 16.4. The van der Waals surface area contributed by atoms with Crippen LogP contribution in [0.5, 0.6) is 11.5 Å². The van der Waals surface area contributed by atoms with Crippen LogP contribution in [0.3, 0.4) is 0 Å². The van der Waals surface area contributed by atoms with Crippen molar-refractivity contribution < 1.29 is 24.2 Å². The molecule has 0 aliphatic heterocycles. The number of methoxy groups -OCH3 is 2. The second-order valence-corrected chi connectivity index (χ2v) is 8.22. The lowest BCUT2D eigenvalue weighted by Gasteiger charge is -2.15. The van der Waals surface area contributed by atoms with Gasteiger partial charge in [0, 0.05) is 17.6 Å². The van der Waals surface area contributed by atoms with E-state index in [1.165, 1.54) is 14.2 Å². The van der Waals surface area contributed by atoms with Crippen molar-refractivity contribution >= 4 is 40.1 Å². The summed E-state index contributed by atoms with van der Waals surface area (Å²) >= 11 is 1.05. The topological polar surface area (TPSA) is 98.6 Å². The van der Waals surface area contributed by atoms with Gasteiger partial charge in [-0.1, -0.05) is 42.0 Å². The average molecular weight is 475 g/mol. The van der Waals surface area contributed by atoms with E-state index >= 15 is 0 Å². The predicted octanol–water partition coefficient (Wildman–Crippen LogP) is 4.98. The molecule has 7 nitrogen and oxygen atoms in total. The van der Waals surface area contributed by atoms with Crippen molar-refractivity contribution in [3.05, 3.63) is 88.5 Å². The van der Waals surface area contributed by atoms with Crippen molar-refractivity contribution in [2.45, 2.75) is 13.3 Å². The van der Waals surface area contributed by atoms with E-state index in [2.05, 4.69) is 8.75 Å². The Morgan fingerprint density at radius 1 is 0.853 bits per heavy atom. The van der Waals surface area contributed by atoms with E-state index < -0.39 is 5.97 Å². The van der Waals surface area contributed by atoms with Gasteiger partial charge in [0.1, 0.15) is 11.0 Å². The van der Waals surface area contributed by atoms with Crippen molar-refractivity contribution in [2.24, 2.45) is 0 Å². The fourth-order valence-electron chi connectivity index (χ4n) is 3.72. The van der Waals surface area contributed by atoms with Crippen LogP contribution < -0.4 is 9.47 Å². The Bertz CT molecular complexity index is 1410. The van der Waals surface area contributed by atoms with Gasteiger partial charge in [-0.25, -0.2) is 4.79 Å². The molecule has 172 valence electrons. The standard InChI is InChI=1S/C26H22N2O5S/c1-15-4-7-17(8-5-15)25(29)19(12-16-6-11-22(32-2)23(13-16)33-3)24(26(30)31)18-9-10-20-21(14-18)28-34-27-20/h4-11,13-14H,12H2,1-3H3,(H,30,31). The Balaban J connectivity index is 1.90. The highest BCUT2D eigenvalue weighted by Crippen LogP contribution is 2.32. The maximum absolute atomic E-state index is 13.7. The van der Waals surface area contributed by atoms with E-state index in [1.54, 1.807) is 48.5 Å². The molecular weight excluding hydrogens is 452 g/mol. The minimum Gasteiger partial charge on any atom is -0.493 e. The van der Waals surface area contributed by atoms with Crippen LogP contribution in [0.15, 0.2) is 66.2 Å². The quantitative estimate of drug-likeness (QED) is 0.284. The number of carboxylic acid groups (broad SMARTS) is 1. The van der Waals surface area contributed by atoms with Gasteiger partial charge in [-0.2, -0.15) is 8.75 Å². The van der Waals surface area contributed by atoms with E-state index in [0.29, 0.717) is 39.2 Å². The summed E-state index contributed by atoms with van der Waals surface area (Å²) < 4.78 is 19.1. The molecule has 3 aromatic carbocycles. The number of nitrogens with zero attached hydrogens (tertiary/aromatic N) is 2. The number of rotatable bonds is 8. The Hall–Kier alpha value is -4.04. The highest BCUT2D eigenvalue weighted by molar-refractivity contribution is 7.00. The number of carboxylic acids is 1. The minimum atomic E-state index is -1.20. The third-order valence-corrected chi connectivity index (χ3v) is 6.03. The first-order valence-electron chi connectivity index (χ1n) is 10.4. The highest BCUT2D eigenvalue weighted by Gasteiger charge is 2.25. The lowest BCUT2D eigenvalue weighted by atomic mass is 9.89. The summed E-state index contributed by atoms with van der Waals surface area (Å²) in [4.78, 5) is 26.2. The molecule has 0 atom stereocenters. The summed E-state index contributed by atoms with van der Waals surface area (Å²) in [5, 5.41) is 10.2. The van der Waals surface area contributed by atoms with Crippen LogP contribution in [0.2, 0.25) is 0 Å². The zero-order chi connectivity index (χ0) is 24.2. The number of carbonyl (C=O) groups excluding carboxylic acids is 1. The van der Waals surface area contributed by atoms with E-state index in [9.17, 15) is 14.7 Å². The number of Topliss-reactive ketones (excluding diaryl/α,β-unsaturated/α-hetero) is 1. The zero-order valence-corrected chi connectivity index (χ0v) is 19.7. The third kappa shape index (κ3) is 4.67. The van der Waals surface area contributed by atoms with E-state index in [1.807, 2.05) is 19.1 Å². The van der Waals surface area contributed by atoms with Gasteiger partial charge in [0.05, 0.1) is 31.5 Å². The van der Waals surface area contributed by atoms with Crippen LogP contribution >= 0.6 is 11.7 Å². The van der Waals surface area contributed by atoms with Crippen molar-refractivity contribution in [1.82, 2.24) is 8.75 Å². The number of allylic oxidation sites excluding steroid dienone is 1. The number of ether oxygens (including phenoxy) is 2. The number of ketones is 1. The SMILES string of the molecule is COc1ccc(CC(C(=O)c2ccc(C)cc2)=C(C(=O)O)c2ccc3nsnc3c2)cc1OC. The van der Waals surface area contributed by atoms with Crippen LogP contribution in [0.25, 0.3) is 16.6 Å². The maximum atomic E-state index is 13.7. The first-order valence-corrected chi connectivity index (χ1v) is 11.2. The molecule has 1 aromatic heterocycles. The van der Waals surface area contributed by atoms with Crippen molar-refractivity contribution in [3.63, 3.8) is 0 Å². The molecule has 4 aromatic rings. The predicted molar refractivity (Wildman–Crippen MR) is 131 cm³/mol. The lowest BCUT2D eigenvalue weighted by Crippen LogP contribution is -2.14. The number of hydrogen-bond donors (Lipinski definition) is 1. The fraction of sp³-hybridized carbons (Fsp3) is 0.154. The third-order valence-electron chi connectivity index (χ3n) is 5.47. The monoisotopic (exact) mass is 474 g/mol. The number of benzene rings is 3. The summed E-state index contributed by atoms with van der Waals surface area (Å²) in [6.45, 7) is 1.93. The molecule has 0 saturated heterocycles. The largest absolute Gasteiger partial charge is 0.493 e. The molecule has 0 bridgehead atoms. The molecule has 1 heterocycles. The van der Waals surface area contributed by atoms with E-state index in [-0.39, 0.29) is 23.4 Å². The molecule has 0 aliphatic rings. The van der Waals surface area contributed by atoms with Crippen molar-refractivity contribution in [3.8, 4) is 11.5 Å². The summed E-state index contributed by atoms with van der Waals surface area (Å²) in [5.74, 6) is -0.516. The lowest BCUT2D eigenvalue weighted by molar-refractivity contribution is -0.130. The van der Waals surface area contributed by atoms with Crippen molar-refractivity contribution in [1.29, 1.82) is 0 Å². The maximum Gasteiger partial charge on any atom is 0.336 e. The van der Waals surface area contributed by atoms with Gasteiger partial charge in [0.25, 0.3) is 0 Å². The molecular formula is C26H22N2O5S. The molecule has 0 amide bonds. The van der Waals surface area contributed by atoms with E-state index in [0.717, 1.165) is 17.3 Å². The summed E-state index contributed by atoms with van der Waals surface area (Å²) in [6.07, 6.45) is 0.0854. The number of carbonyl (C=O) groups is 2. The number of fused-ring (bicyclic) bond motifs is 1. The van der Waals surface area contributed by atoms with Crippen molar-refractivity contribution in [2.75, 3.05) is 14.2 Å². The highest BCUT2D eigenvalue weighted by atomic mass is 32.1. The Morgan fingerprint density at radius 3 is 2.21 bits per heavy atom. The number of hydrogen-bond acceptors (Lipinski definition) is 7. The van der Waals surface area contributed by atoms with Gasteiger partial charge in [-0.05, 0) is 42.3 Å². The van der Waals surface area contributed by atoms with Gasteiger partial charge in [-0.15, -0.1) is 0 Å². The molecule has 0 radical (unpaired) electrons. The van der Waals surface area contributed by atoms with Gasteiger partial charge in [0.2, 0.25) is 0 Å². The van der Waals surface area contributed by atoms with Crippen LogP contribution in [0.4, 0.5) is 0 Å². The smallest absolute Gasteiger partial charge is 0.336 e. The van der Waals surface area contributed by atoms with E-state index in [4.69, 9.17) is 9.47 Å². The van der Waals surface area contributed by atoms with Gasteiger partial charge in [0.15, 0.2) is 17.3 Å². The van der Waals surface area contributed by atoms with Gasteiger partial charge >= 0.3 is 5.97 Å². The van der Waals surface area contributed by atoms with Crippen LogP contribution in [0.1, 0.15) is 27.0 Å². The Morgan fingerprint density at radius 2 is 1.53 bits per heavy atom. The molecule has 0 fully saturated rings. The second-order valence-electron chi connectivity index (χ2n) is 7.69. The Kier molecular flexibility index (Phi) is 6.70. The summed E-state index contributed by atoms with van der Waals surface area (Å²) in [5.41, 5.74) is 3.85. The molecule has 0 aliphatic carbocycles. The number of aliphatic carboxylic acids is 1. The summed E-state index contributed by atoms with van der Waals surface area (Å²) in [7, 11) is 3.06. The van der Waals surface area contributed by atoms with Gasteiger partial charge in [-0.3, -0.25) is 4.79 Å². The van der Waals surface area contributed by atoms with Crippen LogP contribution in [-0.4, -0.2) is 39.8 Å². The summed E-state index contributed by atoms with van der Waals surface area (Å²) in [6, 6.07) is 17.4. The van der Waals surface area contributed by atoms with Gasteiger partial charge < -0.3 is 14.6 Å². The first kappa shape index (κ1) is 23.1. The normalized spacial score (nSPS) is 11.7. The Labute approximate surface area is 200 Å². The molecule has 4 rings (SSSR count). The van der Waals surface area contributed by atoms with Crippen LogP contribution in [-0.2, 0) is 11.2 Å². The molecule has 0 saturated carbocycles. The minimum absolute atomic E-state index is 0.0738. The molecule has 8 heteroatoms.